The lowest BCUT2D eigenvalue weighted by molar-refractivity contribution is 0.393. The molecule has 0 saturated heterocycles. The molecule has 0 bridgehead atoms. The first kappa shape index (κ1) is 21.9. The lowest BCUT2D eigenvalue weighted by Gasteiger charge is -2.13. The van der Waals surface area contributed by atoms with Crippen LogP contribution in [0.3, 0.4) is 0 Å². The van der Waals surface area contributed by atoms with Crippen molar-refractivity contribution in [1.82, 2.24) is 14.7 Å². The summed E-state index contributed by atoms with van der Waals surface area (Å²) in [7, 11) is 1.62. The second-order valence-electron chi connectivity index (χ2n) is 8.71. The Morgan fingerprint density at radius 2 is 1.69 bits per heavy atom. The molecule has 3 aromatic carbocycles. The van der Waals surface area contributed by atoms with Crippen molar-refractivity contribution >= 4 is 22.0 Å². The normalized spacial score (nSPS) is 11.4. The van der Waals surface area contributed by atoms with Crippen LogP contribution >= 0.6 is 0 Å². The standard InChI is InChI=1S/C29H23N3O4/c1-17-25(18(2)36-31-17)22-14-23-21(15-24(22)34-3)27-28(26(30-23)20-12-8-5-9-13-20)35-29(33)32(27)16-19-10-6-4-7-11-19/h4-15H,16H2,1-3H3. The molecule has 0 spiro atoms. The molecule has 0 aliphatic rings. The number of aromatic nitrogens is 3. The van der Waals surface area contributed by atoms with Crippen LogP contribution < -0.4 is 10.5 Å². The molecule has 7 heteroatoms. The summed E-state index contributed by atoms with van der Waals surface area (Å²) in [4.78, 5) is 18.2. The van der Waals surface area contributed by atoms with E-state index in [4.69, 9.17) is 18.7 Å². The van der Waals surface area contributed by atoms with Gasteiger partial charge in [-0.3, -0.25) is 4.57 Å². The van der Waals surface area contributed by atoms with Gasteiger partial charge in [-0.1, -0.05) is 65.8 Å². The Bertz CT molecular complexity index is 1760. The third-order valence-corrected chi connectivity index (χ3v) is 6.45. The smallest absolute Gasteiger partial charge is 0.420 e. The van der Waals surface area contributed by atoms with Crippen LogP contribution in [0.5, 0.6) is 5.75 Å². The van der Waals surface area contributed by atoms with E-state index in [2.05, 4.69) is 5.16 Å². The summed E-state index contributed by atoms with van der Waals surface area (Å²) < 4.78 is 18.7. The zero-order valence-electron chi connectivity index (χ0n) is 20.1. The Hall–Kier alpha value is -4.65. The van der Waals surface area contributed by atoms with Crippen LogP contribution in [0.25, 0.3) is 44.4 Å². The molecule has 6 rings (SSSR count). The highest BCUT2D eigenvalue weighted by molar-refractivity contribution is 6.08. The van der Waals surface area contributed by atoms with Gasteiger partial charge < -0.3 is 13.7 Å². The lowest BCUT2D eigenvalue weighted by Crippen LogP contribution is -2.15. The van der Waals surface area contributed by atoms with Crippen LogP contribution in [0.1, 0.15) is 17.0 Å². The molecule has 0 saturated carbocycles. The second-order valence-corrected chi connectivity index (χ2v) is 8.71. The monoisotopic (exact) mass is 477 g/mol. The van der Waals surface area contributed by atoms with Crippen LogP contribution in [-0.4, -0.2) is 21.8 Å². The van der Waals surface area contributed by atoms with Gasteiger partial charge in [-0.05, 0) is 31.5 Å². The molecule has 7 nitrogen and oxygen atoms in total. The Balaban J connectivity index is 1.72. The van der Waals surface area contributed by atoms with Crippen molar-refractivity contribution in [3.05, 3.63) is 100 Å². The summed E-state index contributed by atoms with van der Waals surface area (Å²) >= 11 is 0. The van der Waals surface area contributed by atoms with Crippen molar-refractivity contribution in [3.8, 4) is 28.1 Å². The van der Waals surface area contributed by atoms with Gasteiger partial charge in [0.05, 0.1) is 30.4 Å². The van der Waals surface area contributed by atoms with Gasteiger partial charge in [0.25, 0.3) is 0 Å². The number of ether oxygens (including phenoxy) is 1. The average Bonchev–Trinajstić information content (AvgIpc) is 3.41. The predicted octanol–water partition coefficient (Wildman–Crippen LogP) is 6.14. The van der Waals surface area contributed by atoms with Gasteiger partial charge in [0.15, 0.2) is 5.58 Å². The fourth-order valence-electron chi connectivity index (χ4n) is 4.79. The molecule has 178 valence electrons. The first-order chi connectivity index (χ1) is 17.5. The number of pyridine rings is 1. The van der Waals surface area contributed by atoms with E-state index < -0.39 is 5.76 Å². The summed E-state index contributed by atoms with van der Waals surface area (Å²) in [5.41, 5.74) is 6.75. The minimum atomic E-state index is -0.436. The fourth-order valence-corrected chi connectivity index (χ4v) is 4.79. The molecule has 3 heterocycles. The van der Waals surface area contributed by atoms with E-state index in [0.717, 1.165) is 33.3 Å². The summed E-state index contributed by atoms with van der Waals surface area (Å²) in [6, 6.07) is 23.5. The number of hydrogen-bond acceptors (Lipinski definition) is 6. The molecule has 3 aromatic heterocycles. The minimum Gasteiger partial charge on any atom is -0.496 e. The number of methoxy groups -OCH3 is 1. The first-order valence-electron chi connectivity index (χ1n) is 11.6. The number of rotatable bonds is 5. The largest absolute Gasteiger partial charge is 0.496 e. The average molecular weight is 478 g/mol. The van der Waals surface area contributed by atoms with Gasteiger partial charge in [-0.15, -0.1) is 0 Å². The van der Waals surface area contributed by atoms with Crippen molar-refractivity contribution < 1.29 is 13.7 Å². The highest BCUT2D eigenvalue weighted by atomic mass is 16.5. The fraction of sp³-hybridized carbons (Fsp3) is 0.138. The third-order valence-electron chi connectivity index (χ3n) is 6.45. The molecule has 0 fully saturated rings. The maximum atomic E-state index is 13.2. The number of fused-ring (bicyclic) bond motifs is 3. The third kappa shape index (κ3) is 3.48. The molecule has 36 heavy (non-hydrogen) atoms. The summed E-state index contributed by atoms with van der Waals surface area (Å²) in [6.45, 7) is 4.14. The first-order valence-corrected chi connectivity index (χ1v) is 11.6. The zero-order chi connectivity index (χ0) is 24.8. The van der Waals surface area contributed by atoms with Crippen molar-refractivity contribution in [2.45, 2.75) is 20.4 Å². The Labute approximate surface area is 206 Å². The molecular weight excluding hydrogens is 454 g/mol. The van der Waals surface area contributed by atoms with Crippen molar-refractivity contribution in [2.75, 3.05) is 7.11 Å². The van der Waals surface area contributed by atoms with Crippen LogP contribution in [0.4, 0.5) is 0 Å². The van der Waals surface area contributed by atoms with Crippen LogP contribution in [-0.2, 0) is 6.54 Å². The molecule has 0 atom stereocenters. The molecule has 0 amide bonds. The van der Waals surface area contributed by atoms with Crippen LogP contribution in [0.15, 0.2) is 86.5 Å². The molecule has 0 radical (unpaired) electrons. The van der Waals surface area contributed by atoms with E-state index >= 15 is 0 Å². The maximum Gasteiger partial charge on any atom is 0.420 e. The molecule has 6 aromatic rings. The van der Waals surface area contributed by atoms with Gasteiger partial charge in [-0.25, -0.2) is 9.78 Å². The number of nitrogens with zero attached hydrogens (tertiary/aromatic N) is 3. The topological polar surface area (TPSA) is 83.3 Å². The van der Waals surface area contributed by atoms with Gasteiger partial charge in [0.1, 0.15) is 22.7 Å². The van der Waals surface area contributed by atoms with Crippen molar-refractivity contribution in [1.29, 1.82) is 0 Å². The van der Waals surface area contributed by atoms with Gasteiger partial charge in [0.2, 0.25) is 0 Å². The number of benzene rings is 3. The van der Waals surface area contributed by atoms with Gasteiger partial charge in [0, 0.05) is 16.5 Å². The maximum absolute atomic E-state index is 13.2. The predicted molar refractivity (Wildman–Crippen MR) is 138 cm³/mol. The van der Waals surface area contributed by atoms with Crippen LogP contribution in [0, 0.1) is 13.8 Å². The van der Waals surface area contributed by atoms with E-state index in [1.54, 1.807) is 11.7 Å². The van der Waals surface area contributed by atoms with Crippen LogP contribution in [0.2, 0.25) is 0 Å². The van der Waals surface area contributed by atoms with E-state index in [0.29, 0.717) is 40.4 Å². The molecule has 0 unspecified atom stereocenters. The van der Waals surface area contributed by atoms with Crippen molar-refractivity contribution in [2.24, 2.45) is 0 Å². The van der Waals surface area contributed by atoms with Crippen molar-refractivity contribution in [3.63, 3.8) is 0 Å². The quantitative estimate of drug-likeness (QED) is 0.297. The molecule has 0 N–H and O–H groups in total. The minimum absolute atomic E-state index is 0.369. The highest BCUT2D eigenvalue weighted by Gasteiger charge is 2.23. The van der Waals surface area contributed by atoms with E-state index in [-0.39, 0.29) is 0 Å². The van der Waals surface area contributed by atoms with Gasteiger partial charge >= 0.3 is 5.76 Å². The lowest BCUT2D eigenvalue weighted by atomic mass is 9.99. The highest BCUT2D eigenvalue weighted by Crippen LogP contribution is 2.40. The zero-order valence-corrected chi connectivity index (χ0v) is 20.1. The van der Waals surface area contributed by atoms with E-state index in [9.17, 15) is 4.79 Å². The summed E-state index contributed by atoms with van der Waals surface area (Å²) in [5, 5.41) is 4.88. The summed E-state index contributed by atoms with van der Waals surface area (Å²) in [6.07, 6.45) is 0. The van der Waals surface area contributed by atoms with E-state index in [1.165, 1.54) is 0 Å². The summed E-state index contributed by atoms with van der Waals surface area (Å²) in [5.74, 6) is 0.889. The Morgan fingerprint density at radius 1 is 0.972 bits per heavy atom. The Morgan fingerprint density at radius 3 is 2.36 bits per heavy atom. The van der Waals surface area contributed by atoms with Gasteiger partial charge in [-0.2, -0.15) is 0 Å². The number of oxazole rings is 1. The Kier molecular flexibility index (Phi) is 5.18. The molecule has 0 aliphatic heterocycles. The SMILES string of the molecule is COc1cc2c(cc1-c1c(C)noc1C)nc(-c1ccccc1)c1oc(=O)n(Cc3ccccc3)c12. The number of aryl methyl sites for hydroxylation is 2. The second kappa shape index (κ2) is 8.53. The van der Waals surface area contributed by atoms with E-state index in [1.807, 2.05) is 86.6 Å². The molecule has 0 aliphatic carbocycles. The molecular formula is C29H23N3O4. The number of hydrogen-bond donors (Lipinski definition) is 0.